The fourth-order valence-corrected chi connectivity index (χ4v) is 2.83. The maximum absolute atomic E-state index is 11.6. The molecule has 0 atom stereocenters. The normalized spacial score (nSPS) is 14.4. The second kappa shape index (κ2) is 12.1. The molecule has 7 heteroatoms. The second-order valence-electron chi connectivity index (χ2n) is 6.08. The maximum atomic E-state index is 11.6. The van der Waals surface area contributed by atoms with Gasteiger partial charge >= 0.3 is 0 Å². The number of pyridine rings is 1. The molecule has 0 bridgehead atoms. The van der Waals surface area contributed by atoms with E-state index in [1.807, 2.05) is 17.3 Å². The van der Waals surface area contributed by atoms with Crippen LogP contribution in [0.5, 0.6) is 0 Å². The van der Waals surface area contributed by atoms with Gasteiger partial charge in [0.15, 0.2) is 5.96 Å². The molecule has 1 aliphatic rings. The Morgan fingerprint density at radius 3 is 2.92 bits per heavy atom. The average Bonchev–Trinajstić information content (AvgIpc) is 2.98. The smallest absolute Gasteiger partial charge is 0.222 e. The number of aliphatic imine (C=N–C) groups is 1. The molecule has 25 heavy (non-hydrogen) atoms. The second-order valence-corrected chi connectivity index (χ2v) is 6.08. The molecule has 2 rings (SSSR count). The predicted octanol–water partition coefficient (Wildman–Crippen LogP) is 2.12. The molecule has 0 aromatic carbocycles. The average molecular weight is 459 g/mol. The lowest BCUT2D eigenvalue weighted by molar-refractivity contribution is -0.127. The van der Waals surface area contributed by atoms with Gasteiger partial charge in [-0.15, -0.1) is 24.0 Å². The Labute approximate surface area is 167 Å². The summed E-state index contributed by atoms with van der Waals surface area (Å²) in [7, 11) is 0. The molecule has 1 amide bonds. The fraction of sp³-hybridized carbons (Fsp3) is 0.611. The Morgan fingerprint density at radius 1 is 1.40 bits per heavy atom. The van der Waals surface area contributed by atoms with Crippen LogP contribution in [0.1, 0.15) is 37.3 Å². The Kier molecular flexibility index (Phi) is 10.4. The number of carbonyl (C=O) groups excluding carboxylic acids is 1. The summed E-state index contributed by atoms with van der Waals surface area (Å²) in [6.07, 6.45) is 7.30. The molecular weight excluding hydrogens is 429 g/mol. The molecular formula is C18H30IN5O. The lowest BCUT2D eigenvalue weighted by Gasteiger charge is -2.15. The van der Waals surface area contributed by atoms with E-state index in [9.17, 15) is 4.79 Å². The number of nitrogens with zero attached hydrogens (tertiary/aromatic N) is 3. The van der Waals surface area contributed by atoms with Gasteiger partial charge in [-0.05, 0) is 50.3 Å². The zero-order valence-electron chi connectivity index (χ0n) is 15.3. The van der Waals surface area contributed by atoms with Gasteiger partial charge in [0.1, 0.15) is 0 Å². The van der Waals surface area contributed by atoms with E-state index in [-0.39, 0.29) is 29.9 Å². The van der Waals surface area contributed by atoms with Crippen molar-refractivity contribution < 1.29 is 4.79 Å². The highest BCUT2D eigenvalue weighted by Gasteiger charge is 2.18. The molecule has 1 saturated heterocycles. The molecule has 1 aromatic heterocycles. The third-order valence-corrected chi connectivity index (χ3v) is 4.19. The number of nitrogens with one attached hydrogen (secondary N) is 2. The van der Waals surface area contributed by atoms with E-state index in [0.29, 0.717) is 6.42 Å². The van der Waals surface area contributed by atoms with E-state index in [4.69, 9.17) is 0 Å². The van der Waals surface area contributed by atoms with Crippen LogP contribution in [0.25, 0.3) is 0 Å². The molecule has 0 spiro atoms. The van der Waals surface area contributed by atoms with Crippen LogP contribution in [0, 0.1) is 6.92 Å². The quantitative estimate of drug-likeness (QED) is 0.271. The number of carbonyl (C=O) groups is 1. The van der Waals surface area contributed by atoms with E-state index >= 15 is 0 Å². The fourth-order valence-electron chi connectivity index (χ4n) is 2.83. The molecule has 0 radical (unpaired) electrons. The van der Waals surface area contributed by atoms with Crippen molar-refractivity contribution in [3.05, 3.63) is 29.6 Å². The summed E-state index contributed by atoms with van der Waals surface area (Å²) >= 11 is 0. The van der Waals surface area contributed by atoms with E-state index in [2.05, 4.69) is 40.5 Å². The van der Waals surface area contributed by atoms with Gasteiger partial charge in [0.05, 0.1) is 0 Å². The first-order valence-corrected chi connectivity index (χ1v) is 8.90. The van der Waals surface area contributed by atoms with Crippen LogP contribution in [0.3, 0.4) is 0 Å². The molecule has 2 N–H and O–H groups in total. The predicted molar refractivity (Wildman–Crippen MR) is 113 cm³/mol. The first-order chi connectivity index (χ1) is 11.7. The van der Waals surface area contributed by atoms with Gasteiger partial charge < -0.3 is 15.5 Å². The van der Waals surface area contributed by atoms with Crippen molar-refractivity contribution in [2.75, 3.05) is 32.7 Å². The van der Waals surface area contributed by atoms with Gasteiger partial charge in [-0.1, -0.05) is 0 Å². The van der Waals surface area contributed by atoms with E-state index in [1.165, 1.54) is 11.1 Å². The van der Waals surface area contributed by atoms with E-state index < -0.39 is 0 Å². The Balaban J connectivity index is 0.00000312. The van der Waals surface area contributed by atoms with Crippen LogP contribution >= 0.6 is 24.0 Å². The highest BCUT2D eigenvalue weighted by molar-refractivity contribution is 14.0. The molecule has 0 saturated carbocycles. The minimum atomic E-state index is 0. The number of guanidine groups is 1. The van der Waals surface area contributed by atoms with Gasteiger partial charge in [0.25, 0.3) is 0 Å². The molecule has 1 fully saturated rings. The number of halogens is 1. The summed E-state index contributed by atoms with van der Waals surface area (Å²) in [5.74, 6) is 1.13. The molecule has 1 aromatic rings. The van der Waals surface area contributed by atoms with E-state index in [1.54, 1.807) is 0 Å². The standard InChI is InChI=1S/C18H29N5O.HI/c1-3-20-18(21-9-5-13-23-12-4-6-17(23)24)22-11-8-16-7-10-19-14-15(16)2;/h7,10,14H,3-6,8-9,11-13H2,1-2H3,(H2,20,21,22);1H. The van der Waals surface area contributed by atoms with Crippen molar-refractivity contribution in [2.45, 2.75) is 39.5 Å². The first-order valence-electron chi connectivity index (χ1n) is 8.90. The highest BCUT2D eigenvalue weighted by Crippen LogP contribution is 2.09. The van der Waals surface area contributed by atoms with Crippen molar-refractivity contribution >= 4 is 35.8 Å². The van der Waals surface area contributed by atoms with Crippen LogP contribution in [0.15, 0.2) is 23.5 Å². The summed E-state index contributed by atoms with van der Waals surface area (Å²) < 4.78 is 0. The Morgan fingerprint density at radius 2 is 2.24 bits per heavy atom. The van der Waals surface area contributed by atoms with Crippen LogP contribution in [-0.2, 0) is 11.2 Å². The third kappa shape index (κ3) is 7.58. The number of likely N-dealkylation sites (tertiary alicyclic amines) is 1. The van der Waals surface area contributed by atoms with Crippen molar-refractivity contribution in [3.63, 3.8) is 0 Å². The number of amides is 1. The lowest BCUT2D eigenvalue weighted by Crippen LogP contribution is -2.38. The van der Waals surface area contributed by atoms with Crippen LogP contribution in [-0.4, -0.2) is 54.5 Å². The molecule has 1 aliphatic heterocycles. The minimum Gasteiger partial charge on any atom is -0.357 e. The topological polar surface area (TPSA) is 69.6 Å². The SMILES string of the molecule is CCNC(=NCCCN1CCCC1=O)NCCc1ccncc1C.I. The van der Waals surface area contributed by atoms with Gasteiger partial charge in [0.2, 0.25) is 5.91 Å². The third-order valence-electron chi connectivity index (χ3n) is 4.19. The Bertz CT molecular complexity index is 564. The summed E-state index contributed by atoms with van der Waals surface area (Å²) in [6.45, 7) is 8.28. The summed E-state index contributed by atoms with van der Waals surface area (Å²) in [6, 6.07) is 2.06. The van der Waals surface area contributed by atoms with Gasteiger partial charge in [-0.25, -0.2) is 0 Å². The van der Waals surface area contributed by atoms with Crippen molar-refractivity contribution in [3.8, 4) is 0 Å². The minimum absolute atomic E-state index is 0. The highest BCUT2D eigenvalue weighted by atomic mass is 127. The Hall–Kier alpha value is -1.38. The first kappa shape index (κ1) is 21.7. The number of hydrogen-bond donors (Lipinski definition) is 2. The lowest BCUT2D eigenvalue weighted by atomic mass is 10.1. The summed E-state index contributed by atoms with van der Waals surface area (Å²) in [5.41, 5.74) is 2.53. The van der Waals surface area contributed by atoms with Crippen LogP contribution in [0.2, 0.25) is 0 Å². The summed E-state index contributed by atoms with van der Waals surface area (Å²) in [4.78, 5) is 22.2. The van der Waals surface area contributed by atoms with Crippen LogP contribution in [0.4, 0.5) is 0 Å². The number of hydrogen-bond acceptors (Lipinski definition) is 3. The van der Waals surface area contributed by atoms with Gasteiger partial charge in [-0.3, -0.25) is 14.8 Å². The number of aromatic nitrogens is 1. The maximum Gasteiger partial charge on any atom is 0.222 e. The largest absolute Gasteiger partial charge is 0.357 e. The molecule has 2 heterocycles. The van der Waals surface area contributed by atoms with Crippen molar-refractivity contribution in [1.29, 1.82) is 0 Å². The van der Waals surface area contributed by atoms with E-state index in [0.717, 1.165) is 57.9 Å². The zero-order chi connectivity index (χ0) is 17.2. The monoisotopic (exact) mass is 459 g/mol. The molecule has 6 nitrogen and oxygen atoms in total. The number of aryl methyl sites for hydroxylation is 1. The molecule has 0 unspecified atom stereocenters. The van der Waals surface area contributed by atoms with Gasteiger partial charge in [0, 0.05) is 51.5 Å². The van der Waals surface area contributed by atoms with Gasteiger partial charge in [-0.2, -0.15) is 0 Å². The van der Waals surface area contributed by atoms with Crippen LogP contribution < -0.4 is 10.6 Å². The summed E-state index contributed by atoms with van der Waals surface area (Å²) in [5, 5.41) is 6.64. The van der Waals surface area contributed by atoms with Crippen molar-refractivity contribution in [2.24, 2.45) is 4.99 Å². The van der Waals surface area contributed by atoms with Crippen molar-refractivity contribution in [1.82, 2.24) is 20.5 Å². The molecule has 140 valence electrons. The molecule has 0 aliphatic carbocycles. The zero-order valence-corrected chi connectivity index (χ0v) is 17.6. The number of rotatable bonds is 8.